The van der Waals surface area contributed by atoms with Gasteiger partial charge in [0.25, 0.3) is 0 Å². The van der Waals surface area contributed by atoms with Gasteiger partial charge in [0.15, 0.2) is 0 Å². The lowest BCUT2D eigenvalue weighted by Crippen LogP contribution is -1.89. The molecule has 0 saturated carbocycles. The molecule has 0 atom stereocenters. The van der Waals surface area contributed by atoms with Crippen LogP contribution >= 0.6 is 0 Å². The molecular formula is C24H30. The molecule has 0 bridgehead atoms. The molecule has 0 amide bonds. The van der Waals surface area contributed by atoms with Gasteiger partial charge in [0.1, 0.15) is 0 Å². The molecule has 0 aromatic heterocycles. The van der Waals surface area contributed by atoms with Crippen molar-refractivity contribution in [1.82, 2.24) is 0 Å². The Hall–Kier alpha value is -2.08. The third-order valence-electron chi connectivity index (χ3n) is 4.22. The standard InChI is InChI=1S/C14H18.2C5H6/c1-2-6-10-13(9-5-1)14-11-7-3-4-8-12-14;2*1-2-4-5-3-1/h1,3,5,7,9,11H,2,4,6,8,10,12H2;2*1-4H,5H2. The molecule has 0 spiro atoms. The maximum absolute atomic E-state index is 2.30. The predicted octanol–water partition coefficient (Wildman–Crippen LogP) is 7.32. The molecule has 4 aliphatic carbocycles. The Kier molecular flexibility index (Phi) is 9.40. The summed E-state index contributed by atoms with van der Waals surface area (Å²) >= 11 is 0. The van der Waals surface area contributed by atoms with Crippen LogP contribution in [0.3, 0.4) is 0 Å². The van der Waals surface area contributed by atoms with Crippen molar-refractivity contribution < 1.29 is 0 Å². The molecule has 0 nitrogen and oxygen atoms in total. The van der Waals surface area contributed by atoms with Crippen molar-refractivity contribution in [2.45, 2.75) is 51.4 Å². The van der Waals surface area contributed by atoms with Crippen molar-refractivity contribution in [2.75, 3.05) is 0 Å². The zero-order chi connectivity index (χ0) is 16.7. The fourth-order valence-electron chi connectivity index (χ4n) is 2.87. The SMILES string of the molecule is C1=CCC=C1.C1=CCC=C1.C1=CCCCC(C2=CC=CCCC2)=C1. The molecule has 0 heterocycles. The normalized spacial score (nSPS) is 20.3. The lowest BCUT2D eigenvalue weighted by atomic mass is 9.97. The van der Waals surface area contributed by atoms with Gasteiger partial charge in [-0.3, -0.25) is 0 Å². The van der Waals surface area contributed by atoms with E-state index in [4.69, 9.17) is 0 Å². The van der Waals surface area contributed by atoms with Crippen LogP contribution in [-0.2, 0) is 0 Å². The van der Waals surface area contributed by atoms with E-state index in [1.807, 2.05) is 0 Å². The average Bonchev–Trinajstić information content (AvgIpc) is 3.28. The molecule has 0 unspecified atom stereocenters. The summed E-state index contributed by atoms with van der Waals surface area (Å²) in [6.45, 7) is 0. The van der Waals surface area contributed by atoms with Gasteiger partial charge in [-0.05, 0) is 62.5 Å². The zero-order valence-corrected chi connectivity index (χ0v) is 14.7. The van der Waals surface area contributed by atoms with Crippen LogP contribution in [0.25, 0.3) is 0 Å². The maximum atomic E-state index is 2.30. The monoisotopic (exact) mass is 318 g/mol. The molecule has 0 aliphatic heterocycles. The Morgan fingerprint density at radius 2 is 0.875 bits per heavy atom. The van der Waals surface area contributed by atoms with Gasteiger partial charge in [0.05, 0.1) is 0 Å². The van der Waals surface area contributed by atoms with Gasteiger partial charge in [-0.2, -0.15) is 0 Å². The van der Waals surface area contributed by atoms with Crippen LogP contribution in [0, 0.1) is 0 Å². The minimum absolute atomic E-state index is 1.14. The van der Waals surface area contributed by atoms with Gasteiger partial charge in [0.2, 0.25) is 0 Å². The van der Waals surface area contributed by atoms with Gasteiger partial charge < -0.3 is 0 Å². The minimum Gasteiger partial charge on any atom is -0.0845 e. The van der Waals surface area contributed by atoms with Gasteiger partial charge in [-0.1, -0.05) is 85.1 Å². The molecule has 24 heavy (non-hydrogen) atoms. The summed E-state index contributed by atoms with van der Waals surface area (Å²) in [5, 5.41) is 0. The third kappa shape index (κ3) is 7.97. The molecule has 0 aromatic rings. The van der Waals surface area contributed by atoms with E-state index < -0.39 is 0 Å². The highest BCUT2D eigenvalue weighted by molar-refractivity contribution is 5.37. The Bertz CT molecular complexity index is 512. The second kappa shape index (κ2) is 12.4. The third-order valence-corrected chi connectivity index (χ3v) is 4.22. The lowest BCUT2D eigenvalue weighted by molar-refractivity contribution is 0.801. The van der Waals surface area contributed by atoms with Crippen LogP contribution in [-0.4, -0.2) is 0 Å². The second-order valence-corrected chi connectivity index (χ2v) is 6.21. The van der Waals surface area contributed by atoms with E-state index in [1.54, 1.807) is 11.1 Å². The predicted molar refractivity (Wildman–Crippen MR) is 108 cm³/mol. The van der Waals surface area contributed by atoms with Crippen molar-refractivity contribution >= 4 is 0 Å². The smallest absolute Gasteiger partial charge is 0.0163 e. The molecular weight excluding hydrogens is 288 g/mol. The summed E-state index contributed by atoms with van der Waals surface area (Å²) in [7, 11) is 0. The molecule has 0 radical (unpaired) electrons. The van der Waals surface area contributed by atoms with Gasteiger partial charge >= 0.3 is 0 Å². The Morgan fingerprint density at radius 3 is 1.21 bits per heavy atom. The lowest BCUT2D eigenvalue weighted by Gasteiger charge is -2.08. The summed E-state index contributed by atoms with van der Waals surface area (Å²) in [5.74, 6) is 0. The van der Waals surface area contributed by atoms with Crippen molar-refractivity contribution in [3.8, 4) is 0 Å². The van der Waals surface area contributed by atoms with E-state index in [-0.39, 0.29) is 0 Å². The summed E-state index contributed by atoms with van der Waals surface area (Å²) < 4.78 is 0. The van der Waals surface area contributed by atoms with Crippen LogP contribution in [0.4, 0.5) is 0 Å². The minimum atomic E-state index is 1.14. The summed E-state index contributed by atoms with van der Waals surface area (Å²) in [6, 6.07) is 0. The fourth-order valence-corrected chi connectivity index (χ4v) is 2.87. The van der Waals surface area contributed by atoms with Crippen molar-refractivity contribution in [3.63, 3.8) is 0 Å². The molecule has 0 aromatic carbocycles. The summed E-state index contributed by atoms with van der Waals surface area (Å²) in [6.07, 6.45) is 40.2. The Labute approximate surface area is 148 Å². The second-order valence-electron chi connectivity index (χ2n) is 6.21. The van der Waals surface area contributed by atoms with Gasteiger partial charge in [-0.25, -0.2) is 0 Å². The van der Waals surface area contributed by atoms with Crippen LogP contribution in [0.15, 0.2) is 96.2 Å². The van der Waals surface area contributed by atoms with Gasteiger partial charge in [-0.15, -0.1) is 0 Å². The van der Waals surface area contributed by atoms with Crippen LogP contribution in [0.5, 0.6) is 0 Å². The summed E-state index contributed by atoms with van der Waals surface area (Å²) in [4.78, 5) is 0. The molecule has 0 heteroatoms. The highest BCUT2D eigenvalue weighted by Crippen LogP contribution is 2.25. The van der Waals surface area contributed by atoms with E-state index in [1.165, 1.54) is 38.5 Å². The van der Waals surface area contributed by atoms with E-state index in [0.29, 0.717) is 0 Å². The van der Waals surface area contributed by atoms with E-state index >= 15 is 0 Å². The van der Waals surface area contributed by atoms with Crippen LogP contribution < -0.4 is 0 Å². The highest BCUT2D eigenvalue weighted by atomic mass is 14.1. The fraction of sp³-hybridized carbons (Fsp3) is 0.333. The first kappa shape index (κ1) is 18.3. The number of hydrogen-bond acceptors (Lipinski definition) is 0. The van der Waals surface area contributed by atoms with E-state index in [0.717, 1.165) is 12.8 Å². The summed E-state index contributed by atoms with van der Waals surface area (Å²) in [5.41, 5.74) is 3.12. The van der Waals surface area contributed by atoms with Crippen molar-refractivity contribution in [3.05, 3.63) is 96.2 Å². The Balaban J connectivity index is 0.000000169. The van der Waals surface area contributed by atoms with E-state index in [2.05, 4.69) is 85.1 Å². The highest BCUT2D eigenvalue weighted by Gasteiger charge is 2.06. The first-order chi connectivity index (χ1) is 12.0. The zero-order valence-electron chi connectivity index (χ0n) is 14.7. The largest absolute Gasteiger partial charge is 0.0845 e. The number of allylic oxidation sites excluding steroid dienone is 16. The molecule has 126 valence electrons. The average molecular weight is 319 g/mol. The van der Waals surface area contributed by atoms with Crippen LogP contribution in [0.1, 0.15) is 51.4 Å². The quantitative estimate of drug-likeness (QED) is 0.475. The number of rotatable bonds is 1. The molecule has 4 rings (SSSR count). The molecule has 4 aliphatic rings. The first-order valence-corrected chi connectivity index (χ1v) is 9.32. The maximum Gasteiger partial charge on any atom is -0.0163 e. The van der Waals surface area contributed by atoms with E-state index in [9.17, 15) is 0 Å². The Morgan fingerprint density at radius 1 is 0.458 bits per heavy atom. The van der Waals surface area contributed by atoms with Gasteiger partial charge in [0, 0.05) is 0 Å². The topological polar surface area (TPSA) is 0 Å². The molecule has 0 saturated heterocycles. The molecule has 0 fully saturated rings. The first-order valence-electron chi connectivity index (χ1n) is 9.32. The number of hydrogen-bond donors (Lipinski definition) is 0. The van der Waals surface area contributed by atoms with Crippen LogP contribution in [0.2, 0.25) is 0 Å². The van der Waals surface area contributed by atoms with Crippen molar-refractivity contribution in [2.24, 2.45) is 0 Å². The molecule has 0 N–H and O–H groups in total. The van der Waals surface area contributed by atoms with Crippen molar-refractivity contribution in [1.29, 1.82) is 0 Å².